The fourth-order valence-corrected chi connectivity index (χ4v) is 4.89. The number of nitrogens with two attached hydrogens (primary N) is 2. The number of amides is 1. The second kappa shape index (κ2) is 12.0. The Morgan fingerprint density at radius 3 is 2.43 bits per heavy atom. The summed E-state index contributed by atoms with van der Waals surface area (Å²) in [6.07, 6.45) is 1.67. The third-order valence-electron chi connectivity index (χ3n) is 7.01. The van der Waals surface area contributed by atoms with Gasteiger partial charge >= 0.3 is 17.9 Å². The molecule has 44 heavy (non-hydrogen) atoms. The molecule has 1 aliphatic heterocycles. The Kier molecular flexibility index (Phi) is 8.06. The zero-order valence-corrected chi connectivity index (χ0v) is 23.0. The number of hydrogen-bond donors (Lipinski definition) is 7. The van der Waals surface area contributed by atoms with Gasteiger partial charge in [-0.25, -0.2) is 24.4 Å². The highest BCUT2D eigenvalue weighted by Crippen LogP contribution is 2.30. The molecule has 5 rings (SSSR count). The lowest BCUT2D eigenvalue weighted by atomic mass is 10.0. The molecule has 16 nitrogen and oxygen atoms in total. The fraction of sp³-hybridized carbons (Fsp3) is 0.214. The topological polar surface area (TPSA) is 260 Å². The third kappa shape index (κ3) is 6.38. The number of benzene rings is 2. The summed E-state index contributed by atoms with van der Waals surface area (Å²) in [6.45, 7) is 1.02. The minimum atomic E-state index is -1.55. The monoisotopic (exact) mass is 601 g/mol. The van der Waals surface area contributed by atoms with E-state index < -0.39 is 42.3 Å². The molecular weight excluding hydrogens is 574 g/mol. The standard InChI is InChI=1S/C28H27N9O7/c29-22-21-23(36-28(30)35-22)31-11-17(33-21)12-37-7-6-13-8-14(4-5-20(13)37)24(38)34-19(27(43)44)10-18(26(41)42)32-16-3-1-2-15(9-16)25(39)40/h1-5,8-9,11,18-19,32H,6-7,10,12H2,(H,34,38)(H,39,40)(H,41,42)(H,43,44)(H4,29,30,31,35,36)/t18?,19-/m0/s1. The van der Waals surface area contributed by atoms with Crippen LogP contribution in [0.1, 0.15) is 38.4 Å². The molecule has 1 unspecified atom stereocenters. The Morgan fingerprint density at radius 2 is 1.70 bits per heavy atom. The average Bonchev–Trinajstić information content (AvgIpc) is 3.38. The number of carboxylic acids is 3. The molecule has 0 spiro atoms. The van der Waals surface area contributed by atoms with E-state index in [1.807, 2.05) is 4.90 Å². The second-order valence-electron chi connectivity index (χ2n) is 10.0. The molecular formula is C28H27N9O7. The Morgan fingerprint density at radius 1 is 0.932 bits per heavy atom. The number of carbonyl (C=O) groups is 4. The molecule has 3 heterocycles. The molecule has 0 saturated heterocycles. The summed E-state index contributed by atoms with van der Waals surface area (Å²) in [6, 6.07) is 7.41. The number of nitrogens with one attached hydrogen (secondary N) is 2. The van der Waals surface area contributed by atoms with Crippen LogP contribution in [0.25, 0.3) is 11.2 Å². The molecule has 226 valence electrons. The summed E-state index contributed by atoms with van der Waals surface area (Å²) in [5.41, 5.74) is 14.8. The van der Waals surface area contributed by atoms with Gasteiger partial charge in [0.1, 0.15) is 12.1 Å². The first-order chi connectivity index (χ1) is 21.0. The molecule has 16 heteroatoms. The van der Waals surface area contributed by atoms with Crippen LogP contribution in [-0.4, -0.2) is 77.7 Å². The quantitative estimate of drug-likeness (QED) is 0.126. The van der Waals surface area contributed by atoms with Gasteiger partial charge in [0.2, 0.25) is 5.95 Å². The summed E-state index contributed by atoms with van der Waals surface area (Å²) in [7, 11) is 0. The molecule has 2 aromatic carbocycles. The maximum Gasteiger partial charge on any atom is 0.335 e. The molecule has 0 bridgehead atoms. The number of aromatic nitrogens is 4. The predicted molar refractivity (Wildman–Crippen MR) is 157 cm³/mol. The predicted octanol–water partition coefficient (Wildman–Crippen LogP) is 0.984. The number of carboxylic acid groups (broad SMARTS) is 3. The van der Waals surface area contributed by atoms with Crippen LogP contribution < -0.4 is 27.0 Å². The van der Waals surface area contributed by atoms with E-state index >= 15 is 0 Å². The summed E-state index contributed by atoms with van der Waals surface area (Å²) < 4.78 is 0. The molecule has 2 atom stereocenters. The van der Waals surface area contributed by atoms with Crippen molar-refractivity contribution in [3.05, 3.63) is 71.0 Å². The minimum Gasteiger partial charge on any atom is -0.480 e. The van der Waals surface area contributed by atoms with Gasteiger partial charge in [-0.15, -0.1) is 0 Å². The van der Waals surface area contributed by atoms with Gasteiger partial charge in [-0.2, -0.15) is 9.97 Å². The van der Waals surface area contributed by atoms with Gasteiger partial charge < -0.3 is 42.3 Å². The molecule has 2 aromatic heterocycles. The summed E-state index contributed by atoms with van der Waals surface area (Å²) >= 11 is 0. The number of rotatable bonds is 11. The number of fused-ring (bicyclic) bond motifs is 2. The van der Waals surface area contributed by atoms with Gasteiger partial charge in [0.25, 0.3) is 5.91 Å². The van der Waals surface area contributed by atoms with E-state index in [1.54, 1.807) is 24.4 Å². The Labute approximate surface area is 248 Å². The van der Waals surface area contributed by atoms with Crippen molar-refractivity contribution in [2.45, 2.75) is 31.5 Å². The van der Waals surface area contributed by atoms with Crippen LogP contribution >= 0.6 is 0 Å². The van der Waals surface area contributed by atoms with E-state index in [9.17, 15) is 34.5 Å². The van der Waals surface area contributed by atoms with Crippen LogP contribution in [0.3, 0.4) is 0 Å². The van der Waals surface area contributed by atoms with Crippen molar-refractivity contribution in [3.63, 3.8) is 0 Å². The van der Waals surface area contributed by atoms with Gasteiger partial charge in [-0.3, -0.25) is 4.79 Å². The first-order valence-corrected chi connectivity index (χ1v) is 13.3. The Balaban J connectivity index is 1.27. The first-order valence-electron chi connectivity index (χ1n) is 13.3. The lowest BCUT2D eigenvalue weighted by Crippen LogP contribution is -2.46. The minimum absolute atomic E-state index is 0.00155. The zero-order valence-electron chi connectivity index (χ0n) is 23.0. The van der Waals surface area contributed by atoms with Crippen LogP contribution in [0, 0.1) is 0 Å². The van der Waals surface area contributed by atoms with Crippen molar-refractivity contribution in [2.75, 3.05) is 28.2 Å². The zero-order chi connectivity index (χ0) is 31.5. The van der Waals surface area contributed by atoms with Crippen molar-refractivity contribution in [1.29, 1.82) is 0 Å². The van der Waals surface area contributed by atoms with E-state index in [4.69, 9.17) is 11.5 Å². The normalized spacial score (nSPS) is 13.6. The number of anilines is 4. The van der Waals surface area contributed by atoms with Gasteiger partial charge in [-0.05, 0) is 48.4 Å². The van der Waals surface area contributed by atoms with Crippen molar-refractivity contribution in [3.8, 4) is 0 Å². The number of hydrogen-bond acceptors (Lipinski definition) is 12. The van der Waals surface area contributed by atoms with Gasteiger partial charge in [0.15, 0.2) is 17.0 Å². The van der Waals surface area contributed by atoms with Crippen molar-refractivity contribution < 1.29 is 34.5 Å². The summed E-state index contributed by atoms with van der Waals surface area (Å²) in [4.78, 5) is 67.0. The lowest BCUT2D eigenvalue weighted by Gasteiger charge is -2.21. The molecule has 1 amide bonds. The van der Waals surface area contributed by atoms with Crippen molar-refractivity contribution in [2.24, 2.45) is 0 Å². The number of nitrogen functional groups attached to an aromatic ring is 2. The number of aliphatic carboxylic acids is 2. The average molecular weight is 602 g/mol. The largest absolute Gasteiger partial charge is 0.480 e. The molecule has 1 aliphatic rings. The molecule has 9 N–H and O–H groups in total. The highest BCUT2D eigenvalue weighted by atomic mass is 16.4. The van der Waals surface area contributed by atoms with E-state index in [0.717, 1.165) is 11.3 Å². The van der Waals surface area contributed by atoms with Crippen molar-refractivity contribution >= 4 is 58.1 Å². The smallest absolute Gasteiger partial charge is 0.335 e. The maximum absolute atomic E-state index is 13.1. The number of carbonyl (C=O) groups excluding carboxylic acids is 1. The Hall–Kier alpha value is -6.06. The lowest BCUT2D eigenvalue weighted by molar-refractivity contribution is -0.141. The highest BCUT2D eigenvalue weighted by molar-refractivity contribution is 5.97. The van der Waals surface area contributed by atoms with Crippen LogP contribution in [0.15, 0.2) is 48.7 Å². The third-order valence-corrected chi connectivity index (χ3v) is 7.01. The summed E-state index contributed by atoms with van der Waals surface area (Å²) in [5, 5.41) is 33.7. The number of aromatic carboxylic acids is 1. The van der Waals surface area contributed by atoms with Gasteiger partial charge in [-0.1, -0.05) is 6.07 Å². The maximum atomic E-state index is 13.1. The Bertz CT molecular complexity index is 1800. The molecule has 4 aromatic rings. The highest BCUT2D eigenvalue weighted by Gasteiger charge is 2.30. The van der Waals surface area contributed by atoms with Crippen molar-refractivity contribution in [1.82, 2.24) is 25.3 Å². The van der Waals surface area contributed by atoms with E-state index in [-0.39, 0.29) is 34.2 Å². The fourth-order valence-electron chi connectivity index (χ4n) is 4.89. The van der Waals surface area contributed by atoms with Crippen LogP contribution in [0.2, 0.25) is 0 Å². The van der Waals surface area contributed by atoms with Gasteiger partial charge in [0.05, 0.1) is 24.0 Å². The molecule has 0 saturated carbocycles. The van der Waals surface area contributed by atoms with E-state index in [0.29, 0.717) is 30.7 Å². The summed E-state index contributed by atoms with van der Waals surface area (Å²) in [5.74, 6) is -4.57. The molecule has 0 fully saturated rings. The second-order valence-corrected chi connectivity index (χ2v) is 10.0. The SMILES string of the molecule is Nc1nc(N)c2nc(CN3CCc4cc(C(=O)N[C@@H](CC(Nc5cccc(C(=O)O)c5)C(=O)O)C(=O)O)ccc43)cnc2n1. The first kappa shape index (κ1) is 29.4. The van der Waals surface area contributed by atoms with E-state index in [2.05, 4.69) is 30.6 Å². The molecule has 0 radical (unpaired) electrons. The van der Waals surface area contributed by atoms with Crippen LogP contribution in [0.4, 0.5) is 23.1 Å². The molecule has 0 aliphatic carbocycles. The number of nitrogens with zero attached hydrogens (tertiary/aromatic N) is 5. The van der Waals surface area contributed by atoms with Crippen LogP contribution in [0.5, 0.6) is 0 Å². The van der Waals surface area contributed by atoms with Crippen LogP contribution in [-0.2, 0) is 22.6 Å². The van der Waals surface area contributed by atoms with E-state index in [1.165, 1.54) is 24.3 Å². The van der Waals surface area contributed by atoms with Gasteiger partial charge in [0, 0.05) is 29.9 Å².